The molecule has 1 aromatic carbocycles. The molecule has 0 bridgehead atoms. The number of piperidine rings is 1. The molecule has 0 N–H and O–H groups in total. The van der Waals surface area contributed by atoms with E-state index in [0.717, 1.165) is 48.7 Å². The number of carbonyl (C=O) groups is 1. The molecule has 1 heterocycles. The minimum absolute atomic E-state index is 0.144. The summed E-state index contributed by atoms with van der Waals surface area (Å²) < 4.78 is 6.03. The van der Waals surface area contributed by atoms with Crippen LogP contribution in [0.2, 0.25) is 0 Å². The van der Waals surface area contributed by atoms with Gasteiger partial charge in [0.15, 0.2) is 6.10 Å². The van der Waals surface area contributed by atoms with E-state index < -0.39 is 0 Å². The second-order valence-electron chi connectivity index (χ2n) is 6.29. The lowest BCUT2D eigenvalue weighted by atomic mass is 9.99. The van der Waals surface area contributed by atoms with Crippen LogP contribution in [0.1, 0.15) is 44.2 Å². The SMILES string of the molecule is CCC(Oc1cc(C)ccc1C)C(=O)N1CCC(C)CC1. The van der Waals surface area contributed by atoms with Gasteiger partial charge in [0.1, 0.15) is 5.75 Å². The molecule has 3 nitrogen and oxygen atoms in total. The Labute approximate surface area is 128 Å². The van der Waals surface area contributed by atoms with Gasteiger partial charge in [0.25, 0.3) is 5.91 Å². The zero-order chi connectivity index (χ0) is 15.4. The largest absolute Gasteiger partial charge is 0.480 e. The Morgan fingerprint density at radius 1 is 1.33 bits per heavy atom. The molecule has 1 amide bonds. The summed E-state index contributed by atoms with van der Waals surface area (Å²) >= 11 is 0. The van der Waals surface area contributed by atoms with Gasteiger partial charge in [0.2, 0.25) is 0 Å². The Bertz CT molecular complexity index is 490. The predicted octanol–water partition coefficient (Wildman–Crippen LogP) is 3.72. The molecule has 2 rings (SSSR count). The topological polar surface area (TPSA) is 29.5 Å². The van der Waals surface area contributed by atoms with E-state index >= 15 is 0 Å². The molecule has 0 saturated carbocycles. The highest BCUT2D eigenvalue weighted by Crippen LogP contribution is 2.23. The first-order chi connectivity index (χ1) is 10.0. The van der Waals surface area contributed by atoms with Gasteiger partial charge in [-0.2, -0.15) is 0 Å². The average Bonchev–Trinajstić information content (AvgIpc) is 2.48. The number of nitrogens with zero attached hydrogens (tertiary/aromatic N) is 1. The quantitative estimate of drug-likeness (QED) is 0.845. The molecular weight excluding hydrogens is 262 g/mol. The molecule has 116 valence electrons. The second-order valence-corrected chi connectivity index (χ2v) is 6.29. The van der Waals surface area contributed by atoms with E-state index in [2.05, 4.69) is 13.0 Å². The monoisotopic (exact) mass is 289 g/mol. The van der Waals surface area contributed by atoms with Crippen LogP contribution in [0, 0.1) is 19.8 Å². The highest BCUT2D eigenvalue weighted by molar-refractivity contribution is 5.81. The van der Waals surface area contributed by atoms with Gasteiger partial charge in [-0.1, -0.05) is 26.0 Å². The molecule has 21 heavy (non-hydrogen) atoms. The van der Waals surface area contributed by atoms with Crippen LogP contribution < -0.4 is 4.74 Å². The maximum Gasteiger partial charge on any atom is 0.263 e. The fraction of sp³-hybridized carbons (Fsp3) is 0.611. The number of rotatable bonds is 4. The number of hydrogen-bond donors (Lipinski definition) is 0. The van der Waals surface area contributed by atoms with Crippen LogP contribution in [0.4, 0.5) is 0 Å². The normalized spacial score (nSPS) is 17.6. The molecule has 3 heteroatoms. The summed E-state index contributed by atoms with van der Waals surface area (Å²) in [5.74, 6) is 1.71. The van der Waals surface area contributed by atoms with Gasteiger partial charge in [0, 0.05) is 13.1 Å². The van der Waals surface area contributed by atoms with Crippen molar-refractivity contribution in [2.45, 2.75) is 53.1 Å². The van der Waals surface area contributed by atoms with E-state index in [4.69, 9.17) is 4.74 Å². The molecule has 0 aromatic heterocycles. The first-order valence-corrected chi connectivity index (χ1v) is 8.04. The van der Waals surface area contributed by atoms with Gasteiger partial charge in [-0.25, -0.2) is 0 Å². The van der Waals surface area contributed by atoms with Gasteiger partial charge < -0.3 is 9.64 Å². The van der Waals surface area contributed by atoms with E-state index in [1.165, 1.54) is 0 Å². The zero-order valence-corrected chi connectivity index (χ0v) is 13.7. The van der Waals surface area contributed by atoms with E-state index in [1.54, 1.807) is 0 Å². The molecule has 1 saturated heterocycles. The number of ether oxygens (including phenoxy) is 1. The van der Waals surface area contributed by atoms with Crippen molar-refractivity contribution in [2.75, 3.05) is 13.1 Å². The number of benzene rings is 1. The summed E-state index contributed by atoms with van der Waals surface area (Å²) in [6.07, 6.45) is 2.55. The van der Waals surface area contributed by atoms with Crippen molar-refractivity contribution < 1.29 is 9.53 Å². The number of likely N-dealkylation sites (tertiary alicyclic amines) is 1. The molecular formula is C18H27NO2. The van der Waals surface area contributed by atoms with Crippen LogP contribution in [-0.4, -0.2) is 30.0 Å². The van der Waals surface area contributed by atoms with Gasteiger partial charge in [0.05, 0.1) is 0 Å². The maximum absolute atomic E-state index is 12.6. The van der Waals surface area contributed by atoms with Crippen LogP contribution in [-0.2, 0) is 4.79 Å². The van der Waals surface area contributed by atoms with Crippen LogP contribution in [0.3, 0.4) is 0 Å². The van der Waals surface area contributed by atoms with Crippen LogP contribution in [0.15, 0.2) is 18.2 Å². The Morgan fingerprint density at radius 2 is 2.00 bits per heavy atom. The van der Waals surface area contributed by atoms with Crippen molar-refractivity contribution in [3.05, 3.63) is 29.3 Å². The molecule has 0 radical (unpaired) electrons. The number of carbonyl (C=O) groups excluding carboxylic acids is 1. The summed E-state index contributed by atoms with van der Waals surface area (Å²) in [5, 5.41) is 0. The molecule has 1 aliphatic rings. The molecule has 1 atom stereocenters. The minimum atomic E-state index is -0.362. The number of amides is 1. The third kappa shape index (κ3) is 3.99. The number of hydrogen-bond acceptors (Lipinski definition) is 2. The number of aryl methyl sites for hydroxylation is 2. The van der Waals surface area contributed by atoms with Crippen molar-refractivity contribution >= 4 is 5.91 Å². The average molecular weight is 289 g/mol. The lowest BCUT2D eigenvalue weighted by molar-refractivity contribution is -0.140. The van der Waals surface area contributed by atoms with E-state index in [-0.39, 0.29) is 12.0 Å². The standard InChI is InChI=1S/C18H27NO2/c1-5-16(18(20)19-10-8-13(2)9-11-19)21-17-12-14(3)6-7-15(17)4/h6-7,12-13,16H,5,8-11H2,1-4H3. The molecule has 0 aliphatic carbocycles. The highest BCUT2D eigenvalue weighted by Gasteiger charge is 2.27. The first kappa shape index (κ1) is 15.9. The zero-order valence-electron chi connectivity index (χ0n) is 13.7. The summed E-state index contributed by atoms with van der Waals surface area (Å²) in [5.41, 5.74) is 2.24. The fourth-order valence-corrected chi connectivity index (χ4v) is 2.73. The third-order valence-corrected chi connectivity index (χ3v) is 4.35. The summed E-state index contributed by atoms with van der Waals surface area (Å²) in [6.45, 7) is 10.1. The lowest BCUT2D eigenvalue weighted by Gasteiger charge is -2.33. The smallest absolute Gasteiger partial charge is 0.263 e. The third-order valence-electron chi connectivity index (χ3n) is 4.35. The summed E-state index contributed by atoms with van der Waals surface area (Å²) in [7, 11) is 0. The maximum atomic E-state index is 12.6. The molecule has 1 fully saturated rings. The fourth-order valence-electron chi connectivity index (χ4n) is 2.73. The van der Waals surface area contributed by atoms with Gasteiger partial charge in [-0.15, -0.1) is 0 Å². The summed E-state index contributed by atoms with van der Waals surface area (Å²) in [6, 6.07) is 6.13. The summed E-state index contributed by atoms with van der Waals surface area (Å²) in [4.78, 5) is 14.6. The lowest BCUT2D eigenvalue weighted by Crippen LogP contribution is -2.45. The van der Waals surface area contributed by atoms with E-state index in [9.17, 15) is 4.79 Å². The Kier molecular flexibility index (Phi) is 5.27. The van der Waals surface area contributed by atoms with Crippen molar-refractivity contribution in [2.24, 2.45) is 5.92 Å². The molecule has 1 aliphatic heterocycles. The molecule has 1 unspecified atom stereocenters. The van der Waals surface area contributed by atoms with Crippen LogP contribution in [0.25, 0.3) is 0 Å². The van der Waals surface area contributed by atoms with Crippen LogP contribution in [0.5, 0.6) is 5.75 Å². The van der Waals surface area contributed by atoms with Crippen molar-refractivity contribution in [1.29, 1.82) is 0 Å². The molecule has 0 spiro atoms. The van der Waals surface area contributed by atoms with Gasteiger partial charge in [-0.05, 0) is 56.2 Å². The van der Waals surface area contributed by atoms with Crippen molar-refractivity contribution in [3.8, 4) is 5.75 Å². The molecule has 1 aromatic rings. The second kappa shape index (κ2) is 6.97. The Morgan fingerprint density at radius 3 is 2.62 bits per heavy atom. The Balaban J connectivity index is 2.05. The first-order valence-electron chi connectivity index (χ1n) is 8.04. The van der Waals surface area contributed by atoms with E-state index in [1.807, 2.05) is 37.8 Å². The Hall–Kier alpha value is -1.51. The van der Waals surface area contributed by atoms with Crippen LogP contribution >= 0.6 is 0 Å². The van der Waals surface area contributed by atoms with Crippen molar-refractivity contribution in [3.63, 3.8) is 0 Å². The van der Waals surface area contributed by atoms with E-state index in [0.29, 0.717) is 6.42 Å². The minimum Gasteiger partial charge on any atom is -0.480 e. The van der Waals surface area contributed by atoms with Gasteiger partial charge >= 0.3 is 0 Å². The van der Waals surface area contributed by atoms with Gasteiger partial charge in [-0.3, -0.25) is 4.79 Å². The van der Waals surface area contributed by atoms with Crippen molar-refractivity contribution in [1.82, 2.24) is 4.90 Å². The highest BCUT2D eigenvalue weighted by atomic mass is 16.5. The predicted molar refractivity (Wildman–Crippen MR) is 85.6 cm³/mol.